The van der Waals surface area contributed by atoms with Crippen molar-refractivity contribution in [3.8, 4) is 10.6 Å². The second-order valence-electron chi connectivity index (χ2n) is 6.85. The molecule has 0 amide bonds. The van der Waals surface area contributed by atoms with Gasteiger partial charge in [0.2, 0.25) is 0 Å². The molecule has 1 fully saturated rings. The van der Waals surface area contributed by atoms with E-state index < -0.39 is 6.23 Å². The normalized spacial score (nSPS) is 15.7. The Labute approximate surface area is 162 Å². The topological polar surface area (TPSA) is 92.2 Å². The van der Waals surface area contributed by atoms with Crippen LogP contribution in [0.2, 0.25) is 0 Å². The van der Waals surface area contributed by atoms with Crippen LogP contribution in [0.5, 0.6) is 0 Å². The summed E-state index contributed by atoms with van der Waals surface area (Å²) in [4.78, 5) is 6.91. The summed E-state index contributed by atoms with van der Waals surface area (Å²) in [5.41, 5.74) is 10.1. The third kappa shape index (κ3) is 3.91. The molecule has 7 nitrogen and oxygen atoms in total. The molecule has 2 aromatic heterocycles. The van der Waals surface area contributed by atoms with Gasteiger partial charge in [-0.05, 0) is 37.5 Å². The van der Waals surface area contributed by atoms with Gasteiger partial charge in [-0.25, -0.2) is 4.98 Å². The van der Waals surface area contributed by atoms with Gasteiger partial charge in [0, 0.05) is 43.0 Å². The Morgan fingerprint density at radius 3 is 2.81 bits per heavy atom. The monoisotopic (exact) mass is 384 g/mol. The van der Waals surface area contributed by atoms with Crippen molar-refractivity contribution in [2.75, 3.05) is 29.0 Å². The number of hydrogen-bond acceptors (Lipinski definition) is 7. The highest BCUT2D eigenvalue weighted by Crippen LogP contribution is 2.33. The van der Waals surface area contributed by atoms with Gasteiger partial charge in [-0.15, -0.1) is 11.3 Å². The average molecular weight is 385 g/mol. The highest BCUT2D eigenvalue weighted by atomic mass is 32.1. The molecule has 1 aliphatic heterocycles. The third-order valence-corrected chi connectivity index (χ3v) is 5.67. The Morgan fingerprint density at radius 2 is 2.07 bits per heavy atom. The number of nitrogens with one attached hydrogen (secondary N) is 1. The van der Waals surface area contributed by atoms with Crippen molar-refractivity contribution >= 4 is 28.4 Å². The molecule has 0 bridgehead atoms. The quantitative estimate of drug-likeness (QED) is 0.462. The minimum absolute atomic E-state index is 0.589. The molecule has 1 saturated heterocycles. The molecule has 3 heterocycles. The van der Waals surface area contributed by atoms with Gasteiger partial charge < -0.3 is 21.1 Å². The van der Waals surface area contributed by atoms with E-state index in [9.17, 15) is 5.11 Å². The first-order valence-corrected chi connectivity index (χ1v) is 10.0. The van der Waals surface area contributed by atoms with Crippen molar-refractivity contribution in [1.29, 1.82) is 0 Å². The molecule has 0 saturated carbocycles. The number of aryl methyl sites for hydroxylation is 1. The van der Waals surface area contributed by atoms with E-state index in [0.717, 1.165) is 35.0 Å². The molecule has 27 heavy (non-hydrogen) atoms. The van der Waals surface area contributed by atoms with Crippen LogP contribution in [0.4, 0.5) is 17.1 Å². The molecule has 4 rings (SSSR count). The Morgan fingerprint density at radius 1 is 1.26 bits per heavy atom. The van der Waals surface area contributed by atoms with E-state index in [0.29, 0.717) is 11.4 Å². The maximum absolute atomic E-state index is 10.7. The summed E-state index contributed by atoms with van der Waals surface area (Å²) in [6, 6.07) is 5.81. The number of nitrogens with zero attached hydrogens (tertiary/aromatic N) is 4. The zero-order valence-corrected chi connectivity index (χ0v) is 16.1. The molecule has 0 radical (unpaired) electrons. The van der Waals surface area contributed by atoms with Crippen molar-refractivity contribution < 1.29 is 5.11 Å². The minimum atomic E-state index is -0.906. The molecule has 1 aliphatic rings. The third-order valence-electron chi connectivity index (χ3n) is 4.76. The number of benzene rings is 1. The van der Waals surface area contributed by atoms with Crippen molar-refractivity contribution in [3.05, 3.63) is 41.7 Å². The Balaban J connectivity index is 1.55. The smallest absolute Gasteiger partial charge is 0.168 e. The van der Waals surface area contributed by atoms with E-state index in [1.54, 1.807) is 10.9 Å². The lowest BCUT2D eigenvalue weighted by Gasteiger charge is -2.31. The number of aliphatic hydroxyl groups is 1. The number of thiazole rings is 1. The molecule has 8 heteroatoms. The summed E-state index contributed by atoms with van der Waals surface area (Å²) in [7, 11) is 1.87. The fourth-order valence-corrected chi connectivity index (χ4v) is 4.19. The molecule has 4 N–H and O–H groups in total. The SMILES string of the molecule is Cn1cc(-c2nc(C(O)Nc3cc(N)ccc3N3CCCCC3)cs2)cn1. The zero-order valence-electron chi connectivity index (χ0n) is 15.3. The molecule has 1 atom stereocenters. The second kappa shape index (κ2) is 7.58. The van der Waals surface area contributed by atoms with Crippen LogP contribution in [0, 0.1) is 0 Å². The Kier molecular flexibility index (Phi) is 5.00. The first-order valence-electron chi connectivity index (χ1n) is 9.13. The van der Waals surface area contributed by atoms with Crippen LogP contribution in [-0.4, -0.2) is 33.0 Å². The predicted molar refractivity (Wildman–Crippen MR) is 110 cm³/mol. The van der Waals surface area contributed by atoms with Crippen LogP contribution in [0.3, 0.4) is 0 Å². The van der Waals surface area contributed by atoms with Crippen LogP contribution in [-0.2, 0) is 7.05 Å². The number of hydrogen-bond donors (Lipinski definition) is 3. The van der Waals surface area contributed by atoms with Gasteiger partial charge in [-0.1, -0.05) is 0 Å². The van der Waals surface area contributed by atoms with Gasteiger partial charge >= 0.3 is 0 Å². The predicted octanol–water partition coefficient (Wildman–Crippen LogP) is 3.22. The van der Waals surface area contributed by atoms with Gasteiger partial charge in [0.25, 0.3) is 0 Å². The summed E-state index contributed by atoms with van der Waals surface area (Å²) in [5.74, 6) is 0. The molecule has 0 aliphatic carbocycles. The fourth-order valence-electron chi connectivity index (χ4n) is 3.38. The molecule has 3 aromatic rings. The van der Waals surface area contributed by atoms with Gasteiger partial charge in [-0.2, -0.15) is 5.10 Å². The van der Waals surface area contributed by atoms with E-state index in [4.69, 9.17) is 5.73 Å². The fraction of sp³-hybridized carbons (Fsp3) is 0.368. The van der Waals surface area contributed by atoms with Crippen LogP contribution >= 0.6 is 11.3 Å². The number of nitrogen functional groups attached to an aromatic ring is 1. The Bertz CT molecular complexity index is 915. The lowest BCUT2D eigenvalue weighted by molar-refractivity contribution is 0.204. The summed E-state index contributed by atoms with van der Waals surface area (Å²) in [6.45, 7) is 2.05. The standard InChI is InChI=1S/C19H24N6OS/c1-24-11-13(10-21-24)19-23-16(12-27-19)18(26)22-15-9-14(20)5-6-17(15)25-7-3-2-4-8-25/h5-6,9-12,18,22,26H,2-4,7-8,20H2,1H3. The first-order chi connectivity index (χ1) is 13.1. The van der Waals surface area contributed by atoms with E-state index in [1.165, 1.54) is 30.6 Å². The zero-order chi connectivity index (χ0) is 18.8. The average Bonchev–Trinajstić information content (AvgIpc) is 3.31. The van der Waals surface area contributed by atoms with Crippen LogP contribution in [0.15, 0.2) is 36.0 Å². The van der Waals surface area contributed by atoms with Crippen molar-refractivity contribution in [1.82, 2.24) is 14.8 Å². The van der Waals surface area contributed by atoms with Gasteiger partial charge in [-0.3, -0.25) is 4.68 Å². The summed E-state index contributed by atoms with van der Waals surface area (Å²) >= 11 is 1.49. The van der Waals surface area contributed by atoms with E-state index in [1.807, 2.05) is 36.8 Å². The molecular weight excluding hydrogens is 360 g/mol. The number of piperidine rings is 1. The van der Waals surface area contributed by atoms with Crippen LogP contribution in [0.1, 0.15) is 31.2 Å². The number of aliphatic hydroxyl groups excluding tert-OH is 1. The van der Waals surface area contributed by atoms with Gasteiger partial charge in [0.15, 0.2) is 6.23 Å². The molecule has 0 spiro atoms. The largest absolute Gasteiger partial charge is 0.399 e. The maximum atomic E-state index is 10.7. The van der Waals surface area contributed by atoms with Crippen LogP contribution in [0.25, 0.3) is 10.6 Å². The van der Waals surface area contributed by atoms with Crippen molar-refractivity contribution in [3.63, 3.8) is 0 Å². The molecule has 142 valence electrons. The Hall–Kier alpha value is -2.58. The van der Waals surface area contributed by atoms with Gasteiger partial charge in [0.1, 0.15) is 10.7 Å². The summed E-state index contributed by atoms with van der Waals surface area (Å²) in [6.07, 6.45) is 6.42. The lowest BCUT2D eigenvalue weighted by Crippen LogP contribution is -2.30. The maximum Gasteiger partial charge on any atom is 0.168 e. The van der Waals surface area contributed by atoms with E-state index in [-0.39, 0.29) is 0 Å². The number of anilines is 3. The number of rotatable bonds is 5. The van der Waals surface area contributed by atoms with Crippen molar-refractivity contribution in [2.45, 2.75) is 25.5 Å². The first kappa shape index (κ1) is 17.8. The van der Waals surface area contributed by atoms with Crippen molar-refractivity contribution in [2.24, 2.45) is 7.05 Å². The highest BCUT2D eigenvalue weighted by Gasteiger charge is 2.19. The van der Waals surface area contributed by atoms with Crippen LogP contribution < -0.4 is 16.0 Å². The summed E-state index contributed by atoms with van der Waals surface area (Å²) < 4.78 is 1.74. The molecule has 1 unspecified atom stereocenters. The highest BCUT2D eigenvalue weighted by molar-refractivity contribution is 7.13. The minimum Gasteiger partial charge on any atom is -0.399 e. The summed E-state index contributed by atoms with van der Waals surface area (Å²) in [5, 5.41) is 20.8. The molecular formula is C19H24N6OS. The number of nitrogens with two attached hydrogens (primary N) is 1. The lowest BCUT2D eigenvalue weighted by atomic mass is 10.1. The molecule has 1 aromatic carbocycles. The van der Waals surface area contributed by atoms with E-state index in [2.05, 4.69) is 20.3 Å². The second-order valence-corrected chi connectivity index (χ2v) is 7.71. The van der Waals surface area contributed by atoms with Gasteiger partial charge in [0.05, 0.1) is 17.6 Å². The number of aromatic nitrogens is 3. The van der Waals surface area contributed by atoms with E-state index >= 15 is 0 Å².